The Kier molecular flexibility index (Phi) is 5.01. The number of para-hydroxylation sites is 2. The fourth-order valence-corrected chi connectivity index (χ4v) is 2.16. The predicted octanol–water partition coefficient (Wildman–Crippen LogP) is 2.36. The fraction of sp³-hybridized carbons (Fsp3) is 0. The molecule has 0 unspecified atom stereocenters. The van der Waals surface area contributed by atoms with Crippen LogP contribution < -0.4 is 5.73 Å². The molecule has 0 aliphatic heterocycles. The minimum absolute atomic E-state index is 0.135. The van der Waals surface area contributed by atoms with Crippen LogP contribution in [0.1, 0.15) is 11.1 Å². The Hall–Kier alpha value is -3.54. The second-order valence-electron chi connectivity index (χ2n) is 4.89. The molecule has 6 nitrogen and oxygen atoms in total. The molecule has 1 amide bonds. The summed E-state index contributed by atoms with van der Waals surface area (Å²) in [6, 6.07) is 9.59. The van der Waals surface area contributed by atoms with Gasteiger partial charge in [-0.1, -0.05) is 36.4 Å². The average molecular weight is 325 g/mol. The van der Waals surface area contributed by atoms with Crippen LogP contribution in [0.3, 0.4) is 0 Å². The molecule has 0 saturated carbocycles. The summed E-state index contributed by atoms with van der Waals surface area (Å²) in [5.41, 5.74) is 6.36. The Labute approximate surface area is 137 Å². The zero-order valence-electron chi connectivity index (χ0n) is 12.5. The SMILES string of the molecule is NC(=O)/C=C/c1cccc(-c2cccc(/C=C/C(=O)O)c2O)c1O. The van der Waals surface area contributed by atoms with Crippen molar-refractivity contribution in [1.82, 2.24) is 0 Å². The number of nitrogens with two attached hydrogens (primary N) is 1. The number of amides is 1. The van der Waals surface area contributed by atoms with Gasteiger partial charge in [0.1, 0.15) is 11.5 Å². The maximum atomic E-state index is 10.8. The monoisotopic (exact) mass is 325 g/mol. The highest BCUT2D eigenvalue weighted by molar-refractivity contribution is 5.92. The molecule has 0 heterocycles. The summed E-state index contributed by atoms with van der Waals surface area (Å²) in [5.74, 6) is -2.09. The zero-order chi connectivity index (χ0) is 17.7. The van der Waals surface area contributed by atoms with Crippen molar-refractivity contribution < 1.29 is 24.9 Å². The number of carbonyl (C=O) groups excluding carboxylic acids is 1. The molecular formula is C18H15NO5. The van der Waals surface area contributed by atoms with Gasteiger partial charge in [0.25, 0.3) is 0 Å². The van der Waals surface area contributed by atoms with Crippen LogP contribution in [0.25, 0.3) is 23.3 Å². The van der Waals surface area contributed by atoms with Crippen LogP contribution in [0, 0.1) is 0 Å². The maximum Gasteiger partial charge on any atom is 0.328 e. The highest BCUT2D eigenvalue weighted by Gasteiger charge is 2.13. The highest BCUT2D eigenvalue weighted by atomic mass is 16.4. The normalized spacial score (nSPS) is 11.2. The van der Waals surface area contributed by atoms with Gasteiger partial charge >= 0.3 is 5.97 Å². The molecule has 2 aromatic carbocycles. The minimum Gasteiger partial charge on any atom is -0.507 e. The molecule has 0 radical (unpaired) electrons. The third kappa shape index (κ3) is 3.80. The molecule has 0 aromatic heterocycles. The average Bonchev–Trinajstić information content (AvgIpc) is 2.53. The van der Waals surface area contributed by atoms with Crippen molar-refractivity contribution in [3.63, 3.8) is 0 Å². The quantitative estimate of drug-likeness (QED) is 0.629. The fourth-order valence-electron chi connectivity index (χ4n) is 2.16. The van der Waals surface area contributed by atoms with E-state index >= 15 is 0 Å². The number of hydrogen-bond donors (Lipinski definition) is 4. The predicted molar refractivity (Wildman–Crippen MR) is 90.1 cm³/mol. The number of carboxylic acids is 1. The first-order valence-electron chi connectivity index (χ1n) is 6.93. The molecule has 24 heavy (non-hydrogen) atoms. The van der Waals surface area contributed by atoms with Crippen LogP contribution in [0.5, 0.6) is 11.5 Å². The van der Waals surface area contributed by atoms with Crippen molar-refractivity contribution in [3.05, 3.63) is 59.7 Å². The number of primary amides is 1. The summed E-state index contributed by atoms with van der Waals surface area (Å²) in [4.78, 5) is 21.4. The van der Waals surface area contributed by atoms with Gasteiger partial charge in [-0.25, -0.2) is 4.79 Å². The van der Waals surface area contributed by atoms with Gasteiger partial charge in [0.05, 0.1) is 0 Å². The summed E-state index contributed by atoms with van der Waals surface area (Å²) in [6.45, 7) is 0. The zero-order valence-corrected chi connectivity index (χ0v) is 12.5. The van der Waals surface area contributed by atoms with Gasteiger partial charge in [0.15, 0.2) is 0 Å². The van der Waals surface area contributed by atoms with E-state index in [-0.39, 0.29) is 11.5 Å². The number of benzene rings is 2. The largest absolute Gasteiger partial charge is 0.507 e. The van der Waals surface area contributed by atoms with Crippen molar-refractivity contribution in [2.24, 2.45) is 5.73 Å². The Bertz CT molecular complexity index is 781. The first kappa shape index (κ1) is 16.8. The lowest BCUT2D eigenvalue weighted by atomic mass is 9.98. The van der Waals surface area contributed by atoms with Gasteiger partial charge < -0.3 is 21.1 Å². The molecule has 0 spiro atoms. The van der Waals surface area contributed by atoms with E-state index in [4.69, 9.17) is 10.8 Å². The summed E-state index contributed by atoms with van der Waals surface area (Å²) in [6.07, 6.45) is 4.65. The number of aromatic hydroxyl groups is 2. The summed E-state index contributed by atoms with van der Waals surface area (Å²) < 4.78 is 0. The van der Waals surface area contributed by atoms with Crippen molar-refractivity contribution in [3.8, 4) is 22.6 Å². The van der Waals surface area contributed by atoms with Crippen LogP contribution in [-0.2, 0) is 9.59 Å². The number of phenolic OH excluding ortho intramolecular Hbond substituents is 2. The van der Waals surface area contributed by atoms with Gasteiger partial charge in [0.2, 0.25) is 5.91 Å². The summed E-state index contributed by atoms with van der Waals surface area (Å²) >= 11 is 0. The molecule has 2 aromatic rings. The van der Waals surface area contributed by atoms with Gasteiger partial charge in [-0.3, -0.25) is 4.79 Å². The van der Waals surface area contributed by atoms with E-state index in [1.807, 2.05) is 0 Å². The van der Waals surface area contributed by atoms with Crippen molar-refractivity contribution in [2.75, 3.05) is 0 Å². The van der Waals surface area contributed by atoms with Crippen molar-refractivity contribution in [1.29, 1.82) is 0 Å². The first-order chi connectivity index (χ1) is 11.4. The second kappa shape index (κ2) is 7.15. The topological polar surface area (TPSA) is 121 Å². The molecule has 5 N–H and O–H groups in total. The number of carboxylic acid groups (broad SMARTS) is 1. The number of hydrogen-bond acceptors (Lipinski definition) is 4. The molecule has 2 rings (SSSR count). The molecule has 0 fully saturated rings. The van der Waals surface area contributed by atoms with E-state index in [2.05, 4.69) is 0 Å². The third-order valence-electron chi connectivity index (χ3n) is 3.26. The minimum atomic E-state index is -1.14. The number of aliphatic carboxylic acids is 1. The number of carbonyl (C=O) groups is 2. The molecule has 0 atom stereocenters. The Morgan fingerprint density at radius 3 is 1.71 bits per heavy atom. The highest BCUT2D eigenvalue weighted by Crippen LogP contribution is 2.39. The van der Waals surface area contributed by atoms with Gasteiger partial charge in [-0.15, -0.1) is 0 Å². The van der Waals surface area contributed by atoms with Gasteiger partial charge in [0, 0.05) is 34.4 Å². The lowest BCUT2D eigenvalue weighted by Crippen LogP contribution is -2.05. The molecule has 0 aliphatic rings. The van der Waals surface area contributed by atoms with E-state index in [9.17, 15) is 19.8 Å². The number of rotatable bonds is 5. The smallest absolute Gasteiger partial charge is 0.328 e. The molecular weight excluding hydrogens is 310 g/mol. The van der Waals surface area contributed by atoms with E-state index in [1.165, 1.54) is 12.2 Å². The lowest BCUT2D eigenvalue weighted by molar-refractivity contribution is -0.131. The van der Waals surface area contributed by atoms with E-state index < -0.39 is 11.9 Å². The van der Waals surface area contributed by atoms with Crippen LogP contribution in [0.2, 0.25) is 0 Å². The van der Waals surface area contributed by atoms with E-state index in [0.717, 1.165) is 12.2 Å². The standard InChI is InChI=1S/C18H15NO5/c19-15(20)9-7-11-3-1-5-13(17(11)23)14-6-2-4-12(18(14)24)8-10-16(21)22/h1-10,23-24H,(H2,19,20)(H,21,22)/b9-7+,10-8+. The van der Waals surface area contributed by atoms with Crippen LogP contribution in [0.15, 0.2) is 48.6 Å². The maximum absolute atomic E-state index is 10.8. The third-order valence-corrected chi connectivity index (χ3v) is 3.26. The summed E-state index contributed by atoms with van der Waals surface area (Å²) in [7, 11) is 0. The molecule has 6 heteroatoms. The van der Waals surface area contributed by atoms with Gasteiger partial charge in [-0.2, -0.15) is 0 Å². The van der Waals surface area contributed by atoms with Crippen molar-refractivity contribution >= 4 is 24.0 Å². The summed E-state index contributed by atoms with van der Waals surface area (Å²) in [5, 5.41) is 29.4. The van der Waals surface area contributed by atoms with Gasteiger partial charge in [-0.05, 0) is 12.2 Å². The van der Waals surface area contributed by atoms with E-state index in [0.29, 0.717) is 22.3 Å². The Morgan fingerprint density at radius 1 is 0.833 bits per heavy atom. The second-order valence-corrected chi connectivity index (χ2v) is 4.89. The molecule has 0 bridgehead atoms. The van der Waals surface area contributed by atoms with Crippen molar-refractivity contribution in [2.45, 2.75) is 0 Å². The lowest BCUT2D eigenvalue weighted by Gasteiger charge is -2.11. The molecule has 0 saturated heterocycles. The van der Waals surface area contributed by atoms with Crippen LogP contribution in [0.4, 0.5) is 0 Å². The Balaban J connectivity index is 2.53. The van der Waals surface area contributed by atoms with Crippen LogP contribution in [-0.4, -0.2) is 27.2 Å². The molecule has 0 aliphatic carbocycles. The number of phenols is 2. The van der Waals surface area contributed by atoms with Crippen LogP contribution >= 0.6 is 0 Å². The Morgan fingerprint density at radius 2 is 1.29 bits per heavy atom. The molecule has 122 valence electrons. The van der Waals surface area contributed by atoms with E-state index in [1.54, 1.807) is 36.4 Å². The first-order valence-corrected chi connectivity index (χ1v) is 6.93.